The Labute approximate surface area is 236 Å². The summed E-state index contributed by atoms with van der Waals surface area (Å²) in [6.45, 7) is -1.25. The monoisotopic (exact) mass is 606 g/mol. The fraction of sp³-hybridized carbons (Fsp3) is 0.926. The highest BCUT2D eigenvalue weighted by Crippen LogP contribution is 2.73. The van der Waals surface area contributed by atoms with Crippen LogP contribution in [-0.2, 0) is 29.2 Å². The Morgan fingerprint density at radius 2 is 1.31 bits per heavy atom. The average molecular weight is 607 g/mol. The predicted octanol–water partition coefficient (Wildman–Crippen LogP) is 5.14. The van der Waals surface area contributed by atoms with Crippen molar-refractivity contribution in [2.45, 2.75) is 85.2 Å². The molecule has 0 amide bonds. The Morgan fingerprint density at radius 3 is 1.85 bits per heavy atom. The van der Waals surface area contributed by atoms with Gasteiger partial charge in [0.25, 0.3) is 0 Å². The molecule has 0 aromatic heterocycles. The summed E-state index contributed by atoms with van der Waals surface area (Å²) in [5.41, 5.74) is -1.13. The van der Waals surface area contributed by atoms with E-state index < -0.39 is 33.4 Å². The third-order valence-corrected chi connectivity index (χ3v) is 16.3. The summed E-state index contributed by atoms with van der Waals surface area (Å²) >= 11 is 3.82. The van der Waals surface area contributed by atoms with E-state index in [-0.39, 0.29) is 32.5 Å². The van der Waals surface area contributed by atoms with Crippen LogP contribution in [0.2, 0.25) is 0 Å². The molecule has 8 bridgehead atoms. The zero-order chi connectivity index (χ0) is 27.4. The van der Waals surface area contributed by atoms with Crippen molar-refractivity contribution < 1.29 is 40.8 Å². The van der Waals surface area contributed by atoms with E-state index in [1.54, 1.807) is 0 Å². The maximum Gasteiger partial charge on any atom is 0.402 e. The largest absolute Gasteiger partial charge is 0.464 e. The highest BCUT2D eigenvalue weighted by molar-refractivity contribution is 8.21. The molecule has 9 aliphatic rings. The molecule has 9 rings (SSSR count). The Bertz CT molecular complexity index is 1120. The number of carbonyl (C=O) groups excluding carboxylic acids is 2. The number of alkyl halides is 2. The van der Waals surface area contributed by atoms with E-state index in [9.17, 15) is 26.8 Å². The number of thioether (sulfide) groups is 2. The molecule has 3 atom stereocenters. The minimum atomic E-state index is -5.66. The van der Waals surface area contributed by atoms with Gasteiger partial charge in [-0.15, -0.1) is 23.5 Å². The van der Waals surface area contributed by atoms with Crippen molar-refractivity contribution in [3.05, 3.63) is 0 Å². The fourth-order valence-electron chi connectivity index (χ4n) is 10.3. The van der Waals surface area contributed by atoms with Crippen LogP contribution in [0.3, 0.4) is 0 Å². The Balaban J connectivity index is 0.986. The molecule has 0 aromatic rings. The molecule has 12 heteroatoms. The van der Waals surface area contributed by atoms with E-state index in [0.717, 1.165) is 37.9 Å². The first-order valence-corrected chi connectivity index (χ1v) is 17.6. The van der Waals surface area contributed by atoms with Crippen LogP contribution in [0.25, 0.3) is 0 Å². The van der Waals surface area contributed by atoms with Crippen LogP contribution in [0.15, 0.2) is 0 Å². The maximum atomic E-state index is 13.7. The zero-order valence-corrected chi connectivity index (χ0v) is 24.3. The number of hydrogen-bond donors (Lipinski definition) is 1. The highest BCUT2D eigenvalue weighted by atomic mass is 32.2. The second-order valence-electron chi connectivity index (χ2n) is 13.9. The van der Waals surface area contributed by atoms with Gasteiger partial charge in [-0.1, -0.05) is 0 Å². The molecule has 39 heavy (non-hydrogen) atoms. The van der Waals surface area contributed by atoms with Crippen LogP contribution in [0.4, 0.5) is 8.78 Å². The van der Waals surface area contributed by atoms with Gasteiger partial charge in [-0.3, -0.25) is 14.1 Å². The maximum absolute atomic E-state index is 13.7. The van der Waals surface area contributed by atoms with Crippen molar-refractivity contribution in [1.29, 1.82) is 0 Å². The molecule has 0 aromatic carbocycles. The molecule has 8 saturated carbocycles. The molecule has 0 radical (unpaired) electrons. The van der Waals surface area contributed by atoms with Crippen LogP contribution in [0.1, 0.15) is 70.6 Å². The molecule has 1 spiro atoms. The van der Waals surface area contributed by atoms with E-state index in [1.807, 2.05) is 23.5 Å². The number of rotatable bonds is 7. The first-order chi connectivity index (χ1) is 18.3. The van der Waals surface area contributed by atoms with Gasteiger partial charge in [0.15, 0.2) is 6.61 Å². The van der Waals surface area contributed by atoms with Gasteiger partial charge in [0.2, 0.25) is 0 Å². The number of ether oxygens (including phenoxy) is 2. The quantitative estimate of drug-likeness (QED) is 0.311. The van der Waals surface area contributed by atoms with Crippen LogP contribution in [0.5, 0.6) is 0 Å². The lowest BCUT2D eigenvalue weighted by Gasteiger charge is -2.62. The number of esters is 2. The van der Waals surface area contributed by atoms with Gasteiger partial charge in [-0.05, 0) is 106 Å². The molecule has 8 aliphatic carbocycles. The summed E-state index contributed by atoms with van der Waals surface area (Å²) in [6, 6.07) is 0. The number of halogens is 2. The lowest BCUT2D eigenvalue weighted by atomic mass is 9.49. The molecule has 7 nitrogen and oxygen atoms in total. The van der Waals surface area contributed by atoms with Crippen LogP contribution < -0.4 is 0 Å². The summed E-state index contributed by atoms with van der Waals surface area (Å²) in [4.78, 5) is 26.5. The standard InChI is InChI=1S/C27H36F2O7S3/c28-26(29,39(32,33)34)14-36-23(31)25-9-18-4-19(10-25)27(20(5-18)11-25)37-13-21(38-27)12-35-22(30)24-6-15-1-16(7-24)3-17(2-15)8-24/h15-21H,1-14H2,(H,32,33,34). The molecule has 1 N–H and O–H groups in total. The topological polar surface area (TPSA) is 107 Å². The molecule has 9 fully saturated rings. The third kappa shape index (κ3) is 4.30. The van der Waals surface area contributed by atoms with Crippen molar-refractivity contribution in [2.75, 3.05) is 19.0 Å². The summed E-state index contributed by atoms with van der Waals surface area (Å²) in [5, 5.41) is -4.33. The second kappa shape index (κ2) is 8.96. The van der Waals surface area contributed by atoms with Gasteiger partial charge in [0.05, 0.1) is 14.9 Å². The number of hydrogen-bond acceptors (Lipinski definition) is 8. The first kappa shape index (κ1) is 27.3. The number of carbonyl (C=O) groups is 2. The molecule has 1 aliphatic heterocycles. The van der Waals surface area contributed by atoms with E-state index in [1.165, 1.54) is 19.3 Å². The van der Waals surface area contributed by atoms with Crippen molar-refractivity contribution in [3.8, 4) is 0 Å². The summed E-state index contributed by atoms with van der Waals surface area (Å²) in [5.74, 6) is 2.95. The predicted molar refractivity (Wildman–Crippen MR) is 142 cm³/mol. The van der Waals surface area contributed by atoms with Gasteiger partial charge >= 0.3 is 27.3 Å². The lowest BCUT2D eigenvalue weighted by Crippen LogP contribution is -2.60. The van der Waals surface area contributed by atoms with Crippen molar-refractivity contribution in [3.63, 3.8) is 0 Å². The summed E-state index contributed by atoms with van der Waals surface area (Å²) in [6.07, 6.45) is 10.4. The fourth-order valence-corrected chi connectivity index (χ4v) is 14.6. The van der Waals surface area contributed by atoms with Gasteiger partial charge < -0.3 is 9.47 Å². The summed E-state index contributed by atoms with van der Waals surface area (Å²) in [7, 11) is -5.66. The summed E-state index contributed by atoms with van der Waals surface area (Å²) < 4.78 is 68.9. The van der Waals surface area contributed by atoms with Gasteiger partial charge in [-0.2, -0.15) is 17.2 Å². The van der Waals surface area contributed by atoms with Crippen LogP contribution in [-0.4, -0.2) is 58.5 Å². The Kier molecular flexibility index (Phi) is 6.26. The van der Waals surface area contributed by atoms with Crippen LogP contribution in [0, 0.1) is 46.3 Å². The van der Waals surface area contributed by atoms with E-state index in [0.29, 0.717) is 49.5 Å². The molecule has 1 heterocycles. The SMILES string of the molecule is O=C(OCC1CSC2(S1)C1CC3CC2CC(C(=O)OCC(F)(F)S(=O)(=O)O)(C3)C1)C12CC3CC(CC(C3)C1)C2. The smallest absolute Gasteiger partial charge is 0.402 e. The average Bonchev–Trinajstić information content (AvgIpc) is 3.27. The molecular formula is C27H36F2O7S3. The van der Waals surface area contributed by atoms with Crippen molar-refractivity contribution in [2.24, 2.45) is 46.3 Å². The normalized spacial score (nSPS) is 47.6. The van der Waals surface area contributed by atoms with E-state index in [2.05, 4.69) is 0 Å². The van der Waals surface area contributed by atoms with E-state index in [4.69, 9.17) is 14.0 Å². The zero-order valence-electron chi connectivity index (χ0n) is 21.8. The third-order valence-electron chi connectivity index (χ3n) is 11.2. The van der Waals surface area contributed by atoms with Crippen LogP contribution >= 0.6 is 23.5 Å². The molecule has 3 unspecified atom stereocenters. The minimum Gasteiger partial charge on any atom is -0.464 e. The minimum absolute atomic E-state index is 0.0154. The van der Waals surface area contributed by atoms with Gasteiger partial charge in [0, 0.05) is 11.0 Å². The van der Waals surface area contributed by atoms with E-state index >= 15 is 0 Å². The Morgan fingerprint density at radius 1 is 0.821 bits per heavy atom. The second-order valence-corrected chi connectivity index (χ2v) is 18.6. The Hall–Kier alpha value is -0.590. The molecule has 1 saturated heterocycles. The lowest BCUT2D eigenvalue weighted by molar-refractivity contribution is -0.177. The first-order valence-electron chi connectivity index (χ1n) is 14.3. The van der Waals surface area contributed by atoms with Crippen molar-refractivity contribution >= 4 is 45.6 Å². The van der Waals surface area contributed by atoms with Gasteiger partial charge in [0.1, 0.15) is 6.61 Å². The van der Waals surface area contributed by atoms with Gasteiger partial charge in [-0.25, -0.2) is 0 Å². The van der Waals surface area contributed by atoms with Crippen molar-refractivity contribution in [1.82, 2.24) is 0 Å². The molecule has 218 valence electrons. The highest BCUT2D eigenvalue weighted by Gasteiger charge is 2.67. The molecular weight excluding hydrogens is 570 g/mol.